The molecule has 0 saturated carbocycles. The molecule has 0 aliphatic rings. The maximum absolute atomic E-state index is 10.2. The van der Waals surface area contributed by atoms with E-state index in [1.165, 1.54) is 57.8 Å². The zero-order valence-corrected chi connectivity index (χ0v) is 19.6. The van der Waals surface area contributed by atoms with Gasteiger partial charge in [0.05, 0.1) is 6.61 Å². The van der Waals surface area contributed by atoms with Crippen molar-refractivity contribution < 1.29 is 26.6 Å². The minimum Gasteiger partial charge on any atom is -0.317 e. The van der Waals surface area contributed by atoms with Gasteiger partial charge in [-0.1, -0.05) is 78.1 Å². The van der Waals surface area contributed by atoms with E-state index in [2.05, 4.69) is 23.3 Å². The second-order valence-electron chi connectivity index (χ2n) is 6.96. The first-order chi connectivity index (χ1) is 13.3. The lowest BCUT2D eigenvalue weighted by molar-refractivity contribution is 0.261. The minimum atomic E-state index is -4.23. The van der Waals surface area contributed by atoms with E-state index >= 15 is 0 Å². The van der Waals surface area contributed by atoms with Gasteiger partial charge in [0.2, 0.25) is 0 Å². The summed E-state index contributed by atoms with van der Waals surface area (Å²) in [6.07, 6.45) is 15.5. The normalized spacial score (nSPS) is 11.8. The Hall–Kier alpha value is -0.110. The first-order valence-corrected chi connectivity index (χ1v) is 13.6. The monoisotopic (exact) mass is 444 g/mol. The van der Waals surface area contributed by atoms with E-state index in [0.717, 1.165) is 32.4 Å². The van der Waals surface area contributed by atoms with Gasteiger partial charge in [-0.15, -0.1) is 0 Å². The summed E-state index contributed by atoms with van der Waals surface area (Å²) in [6, 6.07) is 0. The van der Waals surface area contributed by atoms with Gasteiger partial charge in [0, 0.05) is 6.42 Å². The van der Waals surface area contributed by atoms with Crippen molar-refractivity contribution in [3.63, 3.8) is 0 Å². The van der Waals surface area contributed by atoms with Gasteiger partial charge in [-0.05, 0) is 30.5 Å². The number of hydrogen-bond donors (Lipinski definition) is 3. The maximum atomic E-state index is 10.2. The number of hydrogen-bond acceptors (Lipinski definition) is 5. The van der Waals surface area contributed by atoms with Gasteiger partial charge < -0.3 is 5.32 Å². The van der Waals surface area contributed by atoms with E-state index in [9.17, 15) is 13.0 Å². The Balaban J connectivity index is 0. The van der Waals surface area contributed by atoms with Crippen LogP contribution in [0.4, 0.5) is 0 Å². The van der Waals surface area contributed by atoms with Gasteiger partial charge in [0.1, 0.15) is 0 Å². The van der Waals surface area contributed by atoms with E-state index in [-0.39, 0.29) is 6.61 Å². The standard InChI is InChI=1S/C12H26O4S.C7H16NO2P/c1-2-3-4-5-6-7-8-9-10-11-12-16-17(13,14)15;1-2-3-5-8-6-4-7-11(9)10/h2-12H2,1H3,(H,13,14,15);8H,2-7H2,1H3/p+1. The molecule has 0 rings (SSSR count). The van der Waals surface area contributed by atoms with Crippen molar-refractivity contribution in [2.45, 2.75) is 97.3 Å². The van der Waals surface area contributed by atoms with Crippen molar-refractivity contribution in [2.75, 3.05) is 25.9 Å². The van der Waals surface area contributed by atoms with Crippen molar-refractivity contribution in [3.05, 3.63) is 0 Å². The molecular weight excluding hydrogens is 401 g/mol. The zero-order valence-electron chi connectivity index (χ0n) is 17.9. The summed E-state index contributed by atoms with van der Waals surface area (Å²) >= 11 is 0. The van der Waals surface area contributed by atoms with Crippen molar-refractivity contribution in [1.82, 2.24) is 5.32 Å². The smallest absolute Gasteiger partial charge is 0.317 e. The minimum absolute atomic E-state index is 0.0926. The first kappa shape index (κ1) is 30.1. The van der Waals surface area contributed by atoms with Crippen LogP contribution in [0.3, 0.4) is 0 Å². The molecular formula is C19H43NO6PS+. The molecule has 0 amide bonds. The molecule has 3 N–H and O–H groups in total. The Morgan fingerprint density at radius 3 is 1.71 bits per heavy atom. The van der Waals surface area contributed by atoms with Crippen LogP contribution in [-0.4, -0.2) is 43.7 Å². The fourth-order valence-electron chi connectivity index (χ4n) is 2.52. The lowest BCUT2D eigenvalue weighted by Gasteiger charge is -2.02. The molecule has 1 unspecified atom stereocenters. The van der Waals surface area contributed by atoms with Crippen molar-refractivity contribution >= 4 is 18.4 Å². The molecule has 0 fully saturated rings. The largest absolute Gasteiger partial charge is 0.505 e. The highest BCUT2D eigenvalue weighted by Crippen LogP contribution is 2.12. The molecule has 0 saturated heterocycles. The number of unbranched alkanes of at least 4 members (excludes halogenated alkanes) is 10. The summed E-state index contributed by atoms with van der Waals surface area (Å²) in [5.74, 6) is 0. The van der Waals surface area contributed by atoms with Crippen LogP contribution < -0.4 is 5.32 Å². The van der Waals surface area contributed by atoms with Crippen molar-refractivity contribution in [3.8, 4) is 0 Å². The highest BCUT2D eigenvalue weighted by atomic mass is 32.3. The quantitative estimate of drug-likeness (QED) is 0.142. The SMILES string of the molecule is CCCCCCCCCCCCOS(=O)(=O)O.CCCCNCCC[P+](=O)O. The van der Waals surface area contributed by atoms with Crippen molar-refractivity contribution in [2.24, 2.45) is 0 Å². The molecule has 0 aromatic carbocycles. The highest BCUT2D eigenvalue weighted by molar-refractivity contribution is 7.80. The fraction of sp³-hybridized carbons (Fsp3) is 1.00. The van der Waals surface area contributed by atoms with Crippen LogP contribution >= 0.6 is 8.03 Å². The molecule has 9 heteroatoms. The van der Waals surface area contributed by atoms with Crippen LogP contribution in [0.15, 0.2) is 0 Å². The summed E-state index contributed by atoms with van der Waals surface area (Å²) in [4.78, 5) is 8.44. The van der Waals surface area contributed by atoms with E-state index in [1.807, 2.05) is 0 Å². The predicted molar refractivity (Wildman–Crippen MR) is 116 cm³/mol. The second-order valence-corrected chi connectivity index (χ2v) is 9.21. The second kappa shape index (κ2) is 23.2. The van der Waals surface area contributed by atoms with Crippen molar-refractivity contribution in [1.29, 1.82) is 0 Å². The first-order valence-electron chi connectivity index (χ1n) is 10.8. The molecule has 0 aromatic heterocycles. The number of nitrogens with one attached hydrogen (secondary N) is 1. The third-order valence-electron chi connectivity index (χ3n) is 4.14. The van der Waals surface area contributed by atoms with E-state index in [1.54, 1.807) is 0 Å². The Morgan fingerprint density at radius 2 is 1.25 bits per heavy atom. The van der Waals surface area contributed by atoms with Crippen LogP contribution in [0.25, 0.3) is 0 Å². The zero-order chi connectivity index (χ0) is 21.5. The van der Waals surface area contributed by atoms with Gasteiger partial charge in [-0.25, -0.2) is 4.18 Å². The summed E-state index contributed by atoms with van der Waals surface area (Å²) in [6.45, 7) is 6.34. The van der Waals surface area contributed by atoms with Crippen LogP contribution in [0.2, 0.25) is 0 Å². The Labute approximate surface area is 173 Å². The molecule has 1 atom stereocenters. The van der Waals surface area contributed by atoms with Gasteiger partial charge in [0.25, 0.3) is 0 Å². The molecule has 0 heterocycles. The van der Waals surface area contributed by atoms with E-state index in [4.69, 9.17) is 9.45 Å². The van der Waals surface area contributed by atoms with Crippen LogP contribution in [-0.2, 0) is 19.1 Å². The van der Waals surface area contributed by atoms with Gasteiger partial charge >= 0.3 is 18.4 Å². The fourth-order valence-corrected chi connectivity index (χ4v) is 3.28. The Morgan fingerprint density at radius 1 is 0.786 bits per heavy atom. The van der Waals surface area contributed by atoms with Gasteiger partial charge in [-0.3, -0.25) is 4.55 Å². The molecule has 0 radical (unpaired) electrons. The molecule has 0 aliphatic carbocycles. The van der Waals surface area contributed by atoms with Gasteiger partial charge in [-0.2, -0.15) is 13.3 Å². The molecule has 170 valence electrons. The Kier molecular flexibility index (Phi) is 24.9. The molecule has 0 spiro atoms. The van der Waals surface area contributed by atoms with E-state index < -0.39 is 18.4 Å². The summed E-state index contributed by atoms with van der Waals surface area (Å²) < 4.78 is 43.2. The number of rotatable bonds is 19. The van der Waals surface area contributed by atoms with Crippen LogP contribution in [0.1, 0.15) is 97.3 Å². The third-order valence-corrected chi connectivity index (χ3v) is 5.30. The molecule has 0 bridgehead atoms. The molecule has 0 aliphatic heterocycles. The lowest BCUT2D eigenvalue weighted by Crippen LogP contribution is -2.16. The van der Waals surface area contributed by atoms with Crippen LogP contribution in [0.5, 0.6) is 0 Å². The highest BCUT2D eigenvalue weighted by Gasteiger charge is 2.07. The van der Waals surface area contributed by atoms with Crippen LogP contribution in [0, 0.1) is 0 Å². The topological polar surface area (TPSA) is 113 Å². The molecule has 0 aromatic rings. The predicted octanol–water partition coefficient (Wildman–Crippen LogP) is 5.23. The summed E-state index contributed by atoms with van der Waals surface area (Å²) in [7, 11) is -6.15. The third kappa shape index (κ3) is 33.5. The summed E-state index contributed by atoms with van der Waals surface area (Å²) in [5, 5.41) is 3.20. The van der Waals surface area contributed by atoms with Gasteiger partial charge in [0.15, 0.2) is 6.16 Å². The maximum Gasteiger partial charge on any atom is 0.505 e. The molecule has 7 nitrogen and oxygen atoms in total. The average molecular weight is 445 g/mol. The van der Waals surface area contributed by atoms with E-state index in [0.29, 0.717) is 12.6 Å². The lowest BCUT2D eigenvalue weighted by atomic mass is 10.1. The average Bonchev–Trinajstić information content (AvgIpc) is 2.62. The Bertz CT molecular complexity index is 434. The summed E-state index contributed by atoms with van der Waals surface area (Å²) in [5.41, 5.74) is 0. The molecule has 28 heavy (non-hydrogen) atoms.